The van der Waals surface area contributed by atoms with Gasteiger partial charge in [0.25, 0.3) is 5.91 Å². The zero-order valence-electron chi connectivity index (χ0n) is 9.91. The average Bonchev–Trinajstić information content (AvgIpc) is 2.29. The molecule has 2 rings (SSSR count). The smallest absolute Gasteiger partial charge is 0.445 e. The van der Waals surface area contributed by atoms with Gasteiger partial charge in [-0.25, -0.2) is 0 Å². The first kappa shape index (κ1) is 16.2. The van der Waals surface area contributed by atoms with Crippen LogP contribution in [0.25, 0.3) is 0 Å². The summed E-state index contributed by atoms with van der Waals surface area (Å²) in [5.41, 5.74) is -0.184. The van der Waals surface area contributed by atoms with Crippen molar-refractivity contribution in [2.45, 2.75) is 0 Å². The monoisotopic (exact) mass is 283 g/mol. The van der Waals surface area contributed by atoms with Crippen molar-refractivity contribution in [1.29, 1.82) is 0 Å². The molecule has 0 bridgehead atoms. The van der Waals surface area contributed by atoms with E-state index in [9.17, 15) is 17.7 Å². The molecule has 92 valence electrons. The Labute approximate surface area is 145 Å². The molecule has 1 saturated heterocycles. The van der Waals surface area contributed by atoms with Crippen LogP contribution >= 0.6 is 0 Å². The van der Waals surface area contributed by atoms with Gasteiger partial charge < -0.3 is 22.6 Å². The normalized spacial score (nSPS) is 16.4. The molecule has 1 aromatic rings. The van der Waals surface area contributed by atoms with E-state index in [-0.39, 0.29) is 63.9 Å². The van der Waals surface area contributed by atoms with Crippen molar-refractivity contribution >= 4 is 24.0 Å². The molecular formula is C10H10BF3KNO2. The minimum Gasteiger partial charge on any atom is -0.445 e. The largest absolute Gasteiger partial charge is 1.00 e. The molecule has 8 heteroatoms. The summed E-state index contributed by atoms with van der Waals surface area (Å²) >= 11 is 0. The first-order chi connectivity index (χ1) is 7.98. The van der Waals surface area contributed by atoms with Gasteiger partial charge in [-0.15, -0.1) is 5.46 Å². The Bertz CT molecular complexity index is 424. The fourth-order valence-electron chi connectivity index (χ4n) is 1.66. The molecule has 18 heavy (non-hydrogen) atoms. The van der Waals surface area contributed by atoms with E-state index in [0.29, 0.717) is 18.8 Å². The Kier molecular flexibility index (Phi) is 5.88. The summed E-state index contributed by atoms with van der Waals surface area (Å²) in [4.78, 5) is 12.9. The van der Waals surface area contributed by atoms with Gasteiger partial charge in [-0.05, 0) is 12.1 Å². The maximum absolute atomic E-state index is 12.4. The molecule has 1 fully saturated rings. The number of carbonyl (C=O) groups is 1. The molecule has 0 saturated carbocycles. The van der Waals surface area contributed by atoms with E-state index in [1.807, 2.05) is 0 Å². The summed E-state index contributed by atoms with van der Waals surface area (Å²) in [6, 6.07) is 4.62. The molecular weight excluding hydrogens is 273 g/mol. The minimum atomic E-state index is -4.98. The molecule has 1 aromatic carbocycles. The van der Waals surface area contributed by atoms with Crippen molar-refractivity contribution in [3.8, 4) is 0 Å². The van der Waals surface area contributed by atoms with Crippen LogP contribution in [0.3, 0.4) is 0 Å². The summed E-state index contributed by atoms with van der Waals surface area (Å²) in [6.07, 6.45) is 0. The predicted octanol–water partition coefficient (Wildman–Crippen LogP) is -1.89. The second kappa shape index (κ2) is 6.54. The molecule has 0 N–H and O–H groups in total. The summed E-state index contributed by atoms with van der Waals surface area (Å²) in [6.45, 7) is -4.24. The number of rotatable bonds is 2. The minimum absolute atomic E-state index is 0. The van der Waals surface area contributed by atoms with Crippen molar-refractivity contribution < 1.29 is 73.9 Å². The van der Waals surface area contributed by atoms with Crippen molar-refractivity contribution in [3.05, 3.63) is 24.3 Å². The van der Waals surface area contributed by atoms with Crippen LogP contribution < -0.4 is 61.7 Å². The summed E-state index contributed by atoms with van der Waals surface area (Å²) in [7, 11) is 0. The molecule has 0 aromatic heterocycles. The van der Waals surface area contributed by atoms with Crippen molar-refractivity contribution in [3.63, 3.8) is 0 Å². The van der Waals surface area contributed by atoms with Gasteiger partial charge in [0.1, 0.15) is 6.61 Å². The number of nitrogens with zero attached hydrogens (tertiary/aromatic N) is 1. The first-order valence-corrected chi connectivity index (χ1v) is 5.16. The number of benzene rings is 1. The van der Waals surface area contributed by atoms with Gasteiger partial charge in [-0.3, -0.25) is 4.79 Å². The number of ether oxygens (including phenoxy) is 1. The standard InChI is InChI=1S/C10H10BF3NO2.K/c12-11(13,14)8-1-3-9(4-2-8)15-5-6-17-7-10(15)16;/h1-4H,5-7H2;/q-1;+1. The van der Waals surface area contributed by atoms with Gasteiger partial charge in [0.2, 0.25) is 0 Å². The molecule has 0 aliphatic carbocycles. The van der Waals surface area contributed by atoms with Gasteiger partial charge >= 0.3 is 58.4 Å². The van der Waals surface area contributed by atoms with Gasteiger partial charge in [0, 0.05) is 12.2 Å². The molecule has 1 aliphatic rings. The van der Waals surface area contributed by atoms with E-state index >= 15 is 0 Å². The number of hydrogen-bond donors (Lipinski definition) is 0. The molecule has 3 nitrogen and oxygen atoms in total. The van der Waals surface area contributed by atoms with Crippen LogP contribution in [-0.2, 0) is 9.53 Å². The third-order valence-corrected chi connectivity index (χ3v) is 2.57. The summed E-state index contributed by atoms with van der Waals surface area (Å²) < 4.78 is 42.1. The second-order valence-electron chi connectivity index (χ2n) is 3.76. The van der Waals surface area contributed by atoms with Crippen LogP contribution in [-0.4, -0.2) is 32.6 Å². The van der Waals surface area contributed by atoms with Crippen LogP contribution in [0.1, 0.15) is 0 Å². The number of morpholine rings is 1. The van der Waals surface area contributed by atoms with Crippen molar-refractivity contribution in [1.82, 2.24) is 0 Å². The zero-order valence-corrected chi connectivity index (χ0v) is 13.0. The van der Waals surface area contributed by atoms with E-state index in [4.69, 9.17) is 4.74 Å². The number of amides is 1. The average molecular weight is 283 g/mol. The summed E-state index contributed by atoms with van der Waals surface area (Å²) in [5, 5.41) is 0. The second-order valence-corrected chi connectivity index (χ2v) is 3.76. The van der Waals surface area contributed by atoms with Crippen LogP contribution in [0, 0.1) is 0 Å². The molecule has 0 atom stereocenters. The van der Waals surface area contributed by atoms with Crippen molar-refractivity contribution in [2.24, 2.45) is 0 Å². The zero-order chi connectivity index (χ0) is 12.5. The molecule has 1 amide bonds. The Morgan fingerprint density at radius 1 is 1.17 bits per heavy atom. The van der Waals surface area contributed by atoms with Crippen LogP contribution in [0.5, 0.6) is 0 Å². The molecule has 1 heterocycles. The number of hydrogen-bond acceptors (Lipinski definition) is 2. The molecule has 0 radical (unpaired) electrons. The SMILES string of the molecule is O=C1COCCN1c1ccc([B-](F)(F)F)cc1.[K+]. The predicted molar refractivity (Wildman–Crippen MR) is 58.3 cm³/mol. The topological polar surface area (TPSA) is 29.5 Å². The Morgan fingerprint density at radius 2 is 1.78 bits per heavy atom. The van der Waals surface area contributed by atoms with Crippen LogP contribution in [0.2, 0.25) is 0 Å². The molecule has 0 unspecified atom stereocenters. The van der Waals surface area contributed by atoms with E-state index in [2.05, 4.69) is 0 Å². The van der Waals surface area contributed by atoms with Crippen LogP contribution in [0.15, 0.2) is 24.3 Å². The van der Waals surface area contributed by atoms with Gasteiger partial charge in [0.15, 0.2) is 0 Å². The maximum Gasteiger partial charge on any atom is 1.00 e. The maximum atomic E-state index is 12.4. The fraction of sp³-hybridized carbons (Fsp3) is 0.300. The van der Waals surface area contributed by atoms with Crippen LogP contribution in [0.4, 0.5) is 18.6 Å². The number of halogens is 3. The number of anilines is 1. The van der Waals surface area contributed by atoms with Gasteiger partial charge in [-0.1, -0.05) is 12.1 Å². The first-order valence-electron chi connectivity index (χ1n) is 5.16. The number of carbonyl (C=O) groups excluding carboxylic acids is 1. The van der Waals surface area contributed by atoms with E-state index in [1.165, 1.54) is 17.0 Å². The molecule has 0 spiro atoms. The molecule has 1 aliphatic heterocycles. The Hall–Kier alpha value is 0.141. The van der Waals surface area contributed by atoms with E-state index in [0.717, 1.165) is 12.1 Å². The summed E-state index contributed by atoms with van der Waals surface area (Å²) in [5.74, 6) is -0.235. The van der Waals surface area contributed by atoms with Gasteiger partial charge in [-0.2, -0.15) is 0 Å². The van der Waals surface area contributed by atoms with Crippen molar-refractivity contribution in [2.75, 3.05) is 24.7 Å². The third kappa shape index (κ3) is 3.82. The third-order valence-electron chi connectivity index (χ3n) is 2.57. The Morgan fingerprint density at radius 3 is 2.28 bits per heavy atom. The van der Waals surface area contributed by atoms with E-state index in [1.54, 1.807) is 0 Å². The van der Waals surface area contributed by atoms with E-state index < -0.39 is 12.4 Å². The fourth-order valence-corrected chi connectivity index (χ4v) is 1.66. The van der Waals surface area contributed by atoms with Gasteiger partial charge in [0.05, 0.1) is 6.61 Å². The Balaban J connectivity index is 0.00000162. The quantitative estimate of drug-likeness (QED) is 0.594.